The Bertz CT molecular complexity index is 1390. The van der Waals surface area contributed by atoms with Crippen LogP contribution in [-0.2, 0) is 11.3 Å². The minimum atomic E-state index is -0.746. The number of benzene rings is 3. The van der Waals surface area contributed by atoms with Crippen LogP contribution in [0.15, 0.2) is 72.9 Å². The van der Waals surface area contributed by atoms with Gasteiger partial charge < -0.3 is 14.4 Å². The quantitative estimate of drug-likeness (QED) is 0.180. The number of nitrogens with zero attached hydrogens (tertiary/aromatic N) is 2. The molecule has 3 aromatic carbocycles. The molecule has 0 bridgehead atoms. The third kappa shape index (κ3) is 7.50. The van der Waals surface area contributed by atoms with Gasteiger partial charge in [-0.3, -0.25) is 4.79 Å². The van der Waals surface area contributed by atoms with E-state index in [0.717, 1.165) is 58.9 Å². The van der Waals surface area contributed by atoms with Crippen LogP contribution in [0.3, 0.4) is 0 Å². The summed E-state index contributed by atoms with van der Waals surface area (Å²) in [6, 6.07) is 21.8. The number of aryl methyl sites for hydroxylation is 1. The van der Waals surface area contributed by atoms with Crippen molar-refractivity contribution in [3.63, 3.8) is 0 Å². The average molecular weight is 549 g/mol. The van der Waals surface area contributed by atoms with Crippen LogP contribution < -0.4 is 4.74 Å². The monoisotopic (exact) mass is 548 g/mol. The Balaban J connectivity index is 1.36. The molecule has 0 aliphatic heterocycles. The first kappa shape index (κ1) is 27.5. The molecule has 4 rings (SSSR count). The van der Waals surface area contributed by atoms with Crippen LogP contribution in [0.2, 0.25) is 10.0 Å². The summed E-state index contributed by atoms with van der Waals surface area (Å²) in [7, 11) is 0. The molecule has 0 amide bonds. The zero-order valence-corrected chi connectivity index (χ0v) is 22.8. The van der Waals surface area contributed by atoms with E-state index >= 15 is 0 Å². The van der Waals surface area contributed by atoms with Crippen molar-refractivity contribution in [3.05, 3.63) is 94.4 Å². The van der Waals surface area contributed by atoms with Gasteiger partial charge in [-0.2, -0.15) is 0 Å². The number of carboxylic acids is 1. The van der Waals surface area contributed by atoms with Crippen LogP contribution >= 0.6 is 23.2 Å². The Hall–Kier alpha value is -3.54. The van der Waals surface area contributed by atoms with Crippen molar-refractivity contribution in [1.29, 1.82) is 0 Å². The molecule has 0 unspecified atom stereocenters. The molecular formula is C31H30Cl2N2O3. The zero-order valence-electron chi connectivity index (χ0n) is 21.2. The van der Waals surface area contributed by atoms with Crippen molar-refractivity contribution in [3.8, 4) is 28.1 Å². The number of imidazole rings is 1. The van der Waals surface area contributed by atoms with Crippen LogP contribution in [0.1, 0.15) is 44.0 Å². The van der Waals surface area contributed by atoms with Gasteiger partial charge in [0.05, 0.1) is 17.3 Å². The van der Waals surface area contributed by atoms with Gasteiger partial charge in [0, 0.05) is 29.7 Å². The van der Waals surface area contributed by atoms with E-state index in [1.54, 1.807) is 6.07 Å². The molecule has 5 nitrogen and oxygen atoms in total. The SMILES string of the molecule is CCn1cc(-c2ccc(Cl)cc2Cl)nc1C=Cc1ccc(-c2ccc(OCCCCCC(=O)O)cc2)cc1. The largest absolute Gasteiger partial charge is 0.494 e. The van der Waals surface area contributed by atoms with Crippen molar-refractivity contribution in [2.45, 2.75) is 39.2 Å². The van der Waals surface area contributed by atoms with E-state index in [9.17, 15) is 4.79 Å². The molecule has 0 fully saturated rings. The van der Waals surface area contributed by atoms with Crippen molar-refractivity contribution in [1.82, 2.24) is 9.55 Å². The standard InChI is InChI=1S/C31H30Cl2N2O3/c1-2-35-21-29(27-17-14-25(32)20-28(27)33)34-30(35)18-9-22-7-10-23(11-8-22)24-12-15-26(16-13-24)38-19-5-3-4-6-31(36)37/h7-18,20-21H,2-6,19H2,1H3,(H,36,37). The van der Waals surface area contributed by atoms with Gasteiger partial charge in [0.15, 0.2) is 0 Å². The number of carbonyl (C=O) groups is 1. The maximum atomic E-state index is 10.6. The van der Waals surface area contributed by atoms with Gasteiger partial charge in [0.1, 0.15) is 11.6 Å². The predicted molar refractivity (Wildman–Crippen MR) is 156 cm³/mol. The van der Waals surface area contributed by atoms with Crippen LogP contribution in [-0.4, -0.2) is 27.2 Å². The number of carboxylic acid groups (broad SMARTS) is 1. The molecule has 38 heavy (non-hydrogen) atoms. The third-order valence-corrected chi connectivity index (χ3v) is 6.73. The Labute approximate surface area is 233 Å². The third-order valence-electron chi connectivity index (χ3n) is 6.18. The Kier molecular flexibility index (Phi) is 9.63. The maximum absolute atomic E-state index is 10.6. The molecule has 1 N–H and O–H groups in total. The second-order valence-corrected chi connectivity index (χ2v) is 9.77. The number of aliphatic carboxylic acids is 1. The summed E-state index contributed by atoms with van der Waals surface area (Å²) in [4.78, 5) is 15.3. The second kappa shape index (κ2) is 13.3. The first-order valence-electron chi connectivity index (χ1n) is 12.7. The molecule has 196 valence electrons. The molecule has 4 aromatic rings. The summed E-state index contributed by atoms with van der Waals surface area (Å²) in [5.41, 5.74) is 4.98. The summed E-state index contributed by atoms with van der Waals surface area (Å²) in [6.45, 7) is 3.46. The maximum Gasteiger partial charge on any atom is 0.303 e. The van der Waals surface area contributed by atoms with Crippen LogP contribution in [0.5, 0.6) is 5.75 Å². The van der Waals surface area contributed by atoms with Gasteiger partial charge in [0.25, 0.3) is 0 Å². The predicted octanol–water partition coefficient (Wildman–Crippen LogP) is 8.74. The number of ether oxygens (including phenoxy) is 1. The van der Waals surface area contributed by atoms with Crippen molar-refractivity contribution in [2.24, 2.45) is 0 Å². The zero-order chi connectivity index (χ0) is 26.9. The fraction of sp³-hybridized carbons (Fsp3) is 0.226. The molecule has 0 radical (unpaired) electrons. The molecule has 7 heteroatoms. The number of hydrogen-bond donors (Lipinski definition) is 1. The molecule has 0 aliphatic rings. The number of halogens is 2. The van der Waals surface area contributed by atoms with Gasteiger partial charge in [-0.05, 0) is 79.3 Å². The van der Waals surface area contributed by atoms with Crippen LogP contribution in [0.4, 0.5) is 0 Å². The molecule has 0 saturated heterocycles. The minimum Gasteiger partial charge on any atom is -0.494 e. The molecule has 0 atom stereocenters. The highest BCUT2D eigenvalue weighted by Gasteiger charge is 2.10. The van der Waals surface area contributed by atoms with Crippen LogP contribution in [0.25, 0.3) is 34.5 Å². The molecule has 1 aromatic heterocycles. The summed E-state index contributed by atoms with van der Waals surface area (Å²) in [5, 5.41) is 9.86. The fourth-order valence-electron chi connectivity index (χ4n) is 4.09. The van der Waals surface area contributed by atoms with Gasteiger partial charge in [0.2, 0.25) is 0 Å². The minimum absolute atomic E-state index is 0.215. The van der Waals surface area contributed by atoms with Crippen molar-refractivity contribution in [2.75, 3.05) is 6.61 Å². The number of aromatic nitrogens is 2. The Morgan fingerprint density at radius 3 is 2.32 bits per heavy atom. The summed E-state index contributed by atoms with van der Waals surface area (Å²) >= 11 is 12.4. The summed E-state index contributed by atoms with van der Waals surface area (Å²) in [6.07, 6.45) is 8.67. The lowest BCUT2D eigenvalue weighted by Crippen LogP contribution is -1.99. The van der Waals surface area contributed by atoms with E-state index in [4.69, 9.17) is 38.0 Å². The highest BCUT2D eigenvalue weighted by Crippen LogP contribution is 2.30. The number of rotatable bonds is 12. The van der Waals surface area contributed by atoms with E-state index in [1.807, 2.05) is 48.7 Å². The smallest absolute Gasteiger partial charge is 0.303 e. The van der Waals surface area contributed by atoms with Crippen LogP contribution in [0, 0.1) is 0 Å². The normalized spacial score (nSPS) is 11.2. The topological polar surface area (TPSA) is 64.4 Å². The Morgan fingerprint density at radius 1 is 0.947 bits per heavy atom. The molecule has 0 spiro atoms. The fourth-order valence-corrected chi connectivity index (χ4v) is 4.59. The van der Waals surface area contributed by atoms with Gasteiger partial charge in [-0.1, -0.05) is 65.7 Å². The van der Waals surface area contributed by atoms with Crippen molar-refractivity contribution < 1.29 is 14.6 Å². The molecule has 0 aliphatic carbocycles. The molecule has 1 heterocycles. The van der Waals surface area contributed by atoms with Gasteiger partial charge >= 0.3 is 5.97 Å². The summed E-state index contributed by atoms with van der Waals surface area (Å²) < 4.78 is 7.87. The van der Waals surface area contributed by atoms with Gasteiger partial charge in [-0.25, -0.2) is 4.98 Å². The Morgan fingerprint density at radius 2 is 1.66 bits per heavy atom. The van der Waals surface area contributed by atoms with E-state index in [2.05, 4.69) is 41.8 Å². The lowest BCUT2D eigenvalue weighted by molar-refractivity contribution is -0.137. The van der Waals surface area contributed by atoms with E-state index in [-0.39, 0.29) is 6.42 Å². The number of hydrogen-bond acceptors (Lipinski definition) is 3. The number of unbranched alkanes of at least 4 members (excludes halogenated alkanes) is 2. The second-order valence-electron chi connectivity index (χ2n) is 8.93. The van der Waals surface area contributed by atoms with Gasteiger partial charge in [-0.15, -0.1) is 0 Å². The van der Waals surface area contributed by atoms with Crippen molar-refractivity contribution >= 4 is 41.3 Å². The first-order valence-corrected chi connectivity index (χ1v) is 13.4. The first-order chi connectivity index (χ1) is 18.4. The lowest BCUT2D eigenvalue weighted by atomic mass is 10.0. The van der Waals surface area contributed by atoms with E-state index < -0.39 is 5.97 Å². The molecule has 0 saturated carbocycles. The summed E-state index contributed by atoms with van der Waals surface area (Å²) in [5.74, 6) is 0.927. The highest BCUT2D eigenvalue weighted by atomic mass is 35.5. The van der Waals surface area contributed by atoms with E-state index in [0.29, 0.717) is 23.1 Å². The lowest BCUT2D eigenvalue weighted by Gasteiger charge is -2.08. The average Bonchev–Trinajstić information content (AvgIpc) is 3.33. The molecular weight excluding hydrogens is 519 g/mol. The highest BCUT2D eigenvalue weighted by molar-refractivity contribution is 6.36. The van der Waals surface area contributed by atoms with E-state index in [1.165, 1.54) is 0 Å².